The van der Waals surface area contributed by atoms with Crippen molar-refractivity contribution in [3.63, 3.8) is 0 Å². The van der Waals surface area contributed by atoms with Gasteiger partial charge in [-0.3, -0.25) is 9.52 Å². The van der Waals surface area contributed by atoms with Crippen LogP contribution >= 0.6 is 11.8 Å². The Bertz CT molecular complexity index is 1110. The number of anilines is 2. The molecule has 7 heteroatoms. The number of benzene rings is 3. The third-order valence-corrected chi connectivity index (χ3v) is 6.58. The zero-order valence-corrected chi connectivity index (χ0v) is 17.8. The van der Waals surface area contributed by atoms with Gasteiger partial charge in [0, 0.05) is 10.6 Å². The van der Waals surface area contributed by atoms with E-state index in [2.05, 4.69) is 10.0 Å². The maximum atomic E-state index is 12.6. The molecular weight excluding hydrogens is 404 g/mol. The molecule has 0 aliphatic heterocycles. The summed E-state index contributed by atoms with van der Waals surface area (Å²) in [6, 6.07) is 20.7. The Morgan fingerprint density at radius 3 is 2.28 bits per heavy atom. The average Bonchev–Trinajstić information content (AvgIpc) is 2.71. The van der Waals surface area contributed by atoms with E-state index >= 15 is 0 Å². The Hall–Kier alpha value is -2.77. The predicted molar refractivity (Wildman–Crippen MR) is 119 cm³/mol. The molecule has 0 saturated carbocycles. The molecule has 3 aromatic carbocycles. The van der Waals surface area contributed by atoms with E-state index in [-0.39, 0.29) is 10.8 Å². The van der Waals surface area contributed by atoms with Gasteiger partial charge in [-0.2, -0.15) is 0 Å². The first-order chi connectivity index (χ1) is 13.9. The summed E-state index contributed by atoms with van der Waals surface area (Å²) >= 11 is 1.60. The normalized spacial score (nSPS) is 11.1. The molecule has 5 nitrogen and oxygen atoms in total. The summed E-state index contributed by atoms with van der Waals surface area (Å²) < 4.78 is 27.8. The van der Waals surface area contributed by atoms with Gasteiger partial charge >= 0.3 is 0 Å². The Balaban J connectivity index is 1.75. The highest BCUT2D eigenvalue weighted by Gasteiger charge is 2.16. The molecule has 29 heavy (non-hydrogen) atoms. The Morgan fingerprint density at radius 1 is 0.931 bits per heavy atom. The van der Waals surface area contributed by atoms with E-state index in [0.717, 1.165) is 16.2 Å². The number of sulfonamides is 1. The van der Waals surface area contributed by atoms with Gasteiger partial charge in [0.05, 0.1) is 16.1 Å². The van der Waals surface area contributed by atoms with Crippen molar-refractivity contribution in [2.75, 3.05) is 15.8 Å². The summed E-state index contributed by atoms with van der Waals surface area (Å²) in [6.07, 6.45) is 0. The molecule has 0 spiro atoms. The van der Waals surface area contributed by atoms with Gasteiger partial charge in [0.25, 0.3) is 15.9 Å². The smallest absolute Gasteiger partial charge is 0.261 e. The number of thioether (sulfide) groups is 1. The van der Waals surface area contributed by atoms with E-state index in [1.54, 1.807) is 42.1 Å². The minimum atomic E-state index is -3.71. The van der Waals surface area contributed by atoms with Gasteiger partial charge < -0.3 is 5.32 Å². The van der Waals surface area contributed by atoms with Crippen LogP contribution in [-0.4, -0.2) is 20.1 Å². The summed E-state index contributed by atoms with van der Waals surface area (Å²) in [6.45, 7) is 3.87. The molecule has 0 fully saturated rings. The van der Waals surface area contributed by atoms with Crippen LogP contribution in [0.4, 0.5) is 11.4 Å². The highest BCUT2D eigenvalue weighted by molar-refractivity contribution is 7.99. The SMILES string of the molecule is CCSc1ccccc1C(=O)Nc1ccc(S(=O)(=O)Nc2ccccc2C)cc1. The second kappa shape index (κ2) is 9.15. The van der Waals surface area contributed by atoms with E-state index in [1.807, 2.05) is 44.2 Å². The van der Waals surface area contributed by atoms with Crippen LogP contribution in [0.2, 0.25) is 0 Å². The molecule has 0 saturated heterocycles. The standard InChI is InChI=1S/C22H22N2O3S2/c1-3-28-21-11-7-5-9-19(21)22(25)23-17-12-14-18(15-13-17)29(26,27)24-20-10-6-4-8-16(20)2/h4-15,24H,3H2,1-2H3,(H,23,25). The van der Waals surface area contributed by atoms with Gasteiger partial charge in [0.15, 0.2) is 0 Å². The monoisotopic (exact) mass is 426 g/mol. The summed E-state index contributed by atoms with van der Waals surface area (Å²) in [7, 11) is -3.71. The van der Waals surface area contributed by atoms with Gasteiger partial charge in [-0.15, -0.1) is 11.8 Å². The van der Waals surface area contributed by atoms with Crippen molar-refractivity contribution in [1.82, 2.24) is 0 Å². The van der Waals surface area contributed by atoms with Crippen LogP contribution in [0.25, 0.3) is 0 Å². The molecule has 150 valence electrons. The number of hydrogen-bond acceptors (Lipinski definition) is 4. The van der Waals surface area contributed by atoms with Gasteiger partial charge in [-0.1, -0.05) is 37.3 Å². The van der Waals surface area contributed by atoms with Crippen molar-refractivity contribution in [2.24, 2.45) is 0 Å². The van der Waals surface area contributed by atoms with Crippen molar-refractivity contribution in [3.05, 3.63) is 83.9 Å². The first-order valence-corrected chi connectivity index (χ1v) is 11.6. The lowest BCUT2D eigenvalue weighted by atomic mass is 10.2. The first kappa shape index (κ1) is 21.0. The molecule has 0 unspecified atom stereocenters. The van der Waals surface area contributed by atoms with Crippen LogP contribution in [0.1, 0.15) is 22.8 Å². The molecule has 0 atom stereocenters. The topological polar surface area (TPSA) is 75.3 Å². The van der Waals surface area contributed by atoms with Crippen LogP contribution < -0.4 is 10.0 Å². The predicted octanol–water partition coefficient (Wildman–Crippen LogP) is 5.16. The summed E-state index contributed by atoms with van der Waals surface area (Å²) in [5.74, 6) is 0.639. The lowest BCUT2D eigenvalue weighted by Crippen LogP contribution is -2.15. The van der Waals surface area contributed by atoms with Gasteiger partial charge in [-0.05, 0) is 60.7 Å². The number of para-hydroxylation sites is 1. The largest absolute Gasteiger partial charge is 0.322 e. The highest BCUT2D eigenvalue weighted by Crippen LogP contribution is 2.24. The van der Waals surface area contributed by atoms with E-state index in [4.69, 9.17) is 0 Å². The fraction of sp³-hybridized carbons (Fsp3) is 0.136. The van der Waals surface area contributed by atoms with Crippen LogP contribution in [0.3, 0.4) is 0 Å². The third kappa shape index (κ3) is 5.19. The first-order valence-electron chi connectivity index (χ1n) is 9.12. The summed E-state index contributed by atoms with van der Waals surface area (Å²) in [5.41, 5.74) is 2.50. The summed E-state index contributed by atoms with van der Waals surface area (Å²) in [5, 5.41) is 2.83. The zero-order chi connectivity index (χ0) is 20.9. The molecule has 3 aromatic rings. The summed E-state index contributed by atoms with van der Waals surface area (Å²) in [4.78, 5) is 13.7. The molecule has 0 radical (unpaired) electrons. The molecule has 0 aromatic heterocycles. The van der Waals surface area contributed by atoms with E-state index in [1.165, 1.54) is 12.1 Å². The van der Waals surface area contributed by atoms with Gasteiger partial charge in [0.2, 0.25) is 0 Å². The number of rotatable bonds is 7. The highest BCUT2D eigenvalue weighted by atomic mass is 32.2. The molecular formula is C22H22N2O3S2. The fourth-order valence-electron chi connectivity index (χ4n) is 2.74. The molecule has 3 rings (SSSR count). The van der Waals surface area contributed by atoms with Gasteiger partial charge in [0.1, 0.15) is 0 Å². The van der Waals surface area contributed by atoms with Crippen LogP contribution in [0.5, 0.6) is 0 Å². The molecule has 0 aliphatic carbocycles. The minimum absolute atomic E-state index is 0.126. The zero-order valence-electron chi connectivity index (χ0n) is 16.2. The maximum absolute atomic E-state index is 12.6. The number of aryl methyl sites for hydroxylation is 1. The average molecular weight is 427 g/mol. The number of nitrogens with one attached hydrogen (secondary N) is 2. The number of carbonyl (C=O) groups excluding carboxylic acids is 1. The molecule has 0 bridgehead atoms. The fourth-order valence-corrected chi connectivity index (χ4v) is 4.68. The molecule has 1 amide bonds. The molecule has 0 aliphatic rings. The van der Waals surface area contributed by atoms with Crippen LogP contribution in [-0.2, 0) is 10.0 Å². The lowest BCUT2D eigenvalue weighted by molar-refractivity contribution is 0.102. The van der Waals surface area contributed by atoms with Gasteiger partial charge in [-0.25, -0.2) is 8.42 Å². The quantitative estimate of drug-likeness (QED) is 0.512. The van der Waals surface area contributed by atoms with Crippen molar-refractivity contribution < 1.29 is 13.2 Å². The second-order valence-electron chi connectivity index (χ2n) is 6.33. The van der Waals surface area contributed by atoms with E-state index in [9.17, 15) is 13.2 Å². The van der Waals surface area contributed by atoms with E-state index < -0.39 is 10.0 Å². The van der Waals surface area contributed by atoms with Crippen molar-refractivity contribution >= 4 is 39.1 Å². The Kier molecular flexibility index (Phi) is 6.61. The molecule has 2 N–H and O–H groups in total. The number of amides is 1. The lowest BCUT2D eigenvalue weighted by Gasteiger charge is -2.12. The van der Waals surface area contributed by atoms with E-state index in [0.29, 0.717) is 16.9 Å². The maximum Gasteiger partial charge on any atom is 0.261 e. The Morgan fingerprint density at radius 2 is 1.59 bits per heavy atom. The number of hydrogen-bond donors (Lipinski definition) is 2. The van der Waals surface area contributed by atoms with Crippen molar-refractivity contribution in [3.8, 4) is 0 Å². The van der Waals surface area contributed by atoms with Crippen molar-refractivity contribution in [1.29, 1.82) is 0 Å². The second-order valence-corrected chi connectivity index (χ2v) is 9.32. The third-order valence-electron chi connectivity index (χ3n) is 4.24. The molecule has 0 heterocycles. The Labute approximate surface area is 175 Å². The van der Waals surface area contributed by atoms with Crippen molar-refractivity contribution in [2.45, 2.75) is 23.6 Å². The van der Waals surface area contributed by atoms with Crippen LogP contribution in [0.15, 0.2) is 82.6 Å². The number of carbonyl (C=O) groups is 1. The minimum Gasteiger partial charge on any atom is -0.322 e. The van der Waals surface area contributed by atoms with Crippen LogP contribution in [0, 0.1) is 6.92 Å².